The minimum Gasteiger partial charge on any atom is -0.297 e. The molecule has 2 heteroatoms. The Morgan fingerprint density at radius 2 is 0.900 bits per heavy atom. The lowest BCUT2D eigenvalue weighted by Gasteiger charge is -2.14. The topological polar surface area (TPSA) is 6.48 Å². The van der Waals surface area contributed by atoms with E-state index in [-0.39, 0.29) is 22.3 Å². The lowest BCUT2D eigenvalue weighted by Crippen LogP contribution is -2.26. The van der Waals surface area contributed by atoms with Crippen molar-refractivity contribution in [3.05, 3.63) is 0 Å². The first-order valence-corrected chi connectivity index (χ1v) is 2.42. The fourth-order valence-corrected chi connectivity index (χ4v) is 0.566. The second-order valence-corrected chi connectivity index (χ2v) is 2.30. The molecule has 0 saturated heterocycles. The number of nitrogens with zero attached hydrogens (tertiary/aromatic N) is 2. The first-order valence-electron chi connectivity index (χ1n) is 2.42. The number of hydrogen-bond donors (Lipinski definition) is 0. The first-order chi connectivity index (χ1) is 3.13. The van der Waals surface area contributed by atoms with Crippen molar-refractivity contribution in [3.63, 3.8) is 0 Å². The smallest absolute Gasteiger partial charge is 0.0495 e. The maximum atomic E-state index is 2.12. The van der Waals surface area contributed by atoms with E-state index < -0.39 is 0 Å². The van der Waals surface area contributed by atoms with Gasteiger partial charge < -0.3 is 0 Å². The first kappa shape index (κ1) is 22.5. The highest BCUT2D eigenvalue weighted by atomic mass is 15.2. The second kappa shape index (κ2) is 11.7. The molecule has 0 rings (SSSR count). The van der Waals surface area contributed by atoms with Crippen LogP contribution in [0, 0.1) is 0 Å². The molecule has 0 spiro atoms. The van der Waals surface area contributed by atoms with Gasteiger partial charge in [-0.15, -0.1) is 0 Å². The lowest BCUT2D eigenvalue weighted by atomic mass is 10.8. The molecule has 0 heterocycles. The molecule has 2 nitrogen and oxygen atoms in total. The van der Waals surface area contributed by atoms with Gasteiger partial charge in [-0.3, -0.25) is 9.80 Å². The summed E-state index contributed by atoms with van der Waals surface area (Å²) in [5.74, 6) is 0. The highest BCUT2D eigenvalue weighted by Crippen LogP contribution is 1.74. The third-order valence-electron chi connectivity index (χ3n) is 0.566. The molecule has 0 aliphatic heterocycles. The van der Waals surface area contributed by atoms with Crippen LogP contribution < -0.4 is 0 Å². The lowest BCUT2D eigenvalue weighted by molar-refractivity contribution is 0.245. The second-order valence-electron chi connectivity index (χ2n) is 2.30. The number of rotatable bonds is 2. The molecule has 0 amide bonds. The summed E-state index contributed by atoms with van der Waals surface area (Å²) in [7, 11) is 8.22. The van der Waals surface area contributed by atoms with Gasteiger partial charge in [0.15, 0.2) is 0 Å². The summed E-state index contributed by atoms with van der Waals surface area (Å²) in [4.78, 5) is 4.25. The van der Waals surface area contributed by atoms with E-state index in [9.17, 15) is 0 Å². The average molecular weight is 150 g/mol. The largest absolute Gasteiger partial charge is 0.297 e. The van der Waals surface area contributed by atoms with E-state index in [2.05, 4.69) is 38.0 Å². The van der Waals surface area contributed by atoms with Crippen LogP contribution in [-0.4, -0.2) is 44.7 Å². The summed E-state index contributed by atoms with van der Waals surface area (Å²) in [6.45, 7) is 1.03. The molecule has 0 N–H and O–H groups in total. The summed E-state index contributed by atoms with van der Waals surface area (Å²) in [5.41, 5.74) is 0. The summed E-state index contributed by atoms with van der Waals surface area (Å²) in [6.07, 6.45) is 0. The van der Waals surface area contributed by atoms with Crippen LogP contribution in [0.15, 0.2) is 0 Å². The molecule has 0 aromatic rings. The molecule has 0 aromatic heterocycles. The predicted molar refractivity (Wildman–Crippen MR) is 52.4 cm³/mol. The van der Waals surface area contributed by atoms with Crippen LogP contribution >= 0.6 is 0 Å². The van der Waals surface area contributed by atoms with Crippen LogP contribution in [0.5, 0.6) is 0 Å². The Morgan fingerprint density at radius 3 is 0.900 bits per heavy atom. The molecule has 0 aliphatic carbocycles. The third kappa shape index (κ3) is 24.7. The molecule has 0 aromatic carbocycles. The van der Waals surface area contributed by atoms with Crippen LogP contribution in [0.4, 0.5) is 0 Å². The fraction of sp³-hybridized carbons (Fsp3) is 1.00. The molecule has 0 bridgehead atoms. The fourth-order valence-electron chi connectivity index (χ4n) is 0.566. The van der Waals surface area contributed by atoms with Crippen molar-refractivity contribution >= 4 is 0 Å². The monoisotopic (exact) mass is 150 g/mol. The third-order valence-corrected chi connectivity index (χ3v) is 0.566. The van der Waals surface area contributed by atoms with Gasteiger partial charge in [-0.05, 0) is 28.2 Å². The molecule has 10 heavy (non-hydrogen) atoms. The van der Waals surface area contributed by atoms with Crippen LogP contribution in [0.1, 0.15) is 22.3 Å². The molecule has 0 radical (unpaired) electrons. The van der Waals surface area contributed by atoms with Crippen molar-refractivity contribution in [1.29, 1.82) is 0 Å². The molecule has 0 aliphatic rings. The molecular weight excluding hydrogens is 124 g/mol. The normalized spacial score (nSPS) is 7.80. The molecule has 0 unspecified atom stereocenters. The van der Waals surface area contributed by atoms with Gasteiger partial charge in [0.05, 0.1) is 0 Å². The Labute approximate surface area is 67.8 Å². The maximum Gasteiger partial charge on any atom is 0.0495 e. The van der Waals surface area contributed by atoms with E-state index in [1.54, 1.807) is 0 Å². The van der Waals surface area contributed by atoms with Crippen molar-refractivity contribution in [2.75, 3.05) is 34.9 Å². The average Bonchev–Trinajstić information content (AvgIpc) is 1.27. The molecule has 0 saturated carbocycles. The highest BCUT2D eigenvalue weighted by Gasteiger charge is 1.87. The minimum atomic E-state index is 0. The van der Waals surface area contributed by atoms with Crippen LogP contribution in [-0.2, 0) is 0 Å². The summed E-state index contributed by atoms with van der Waals surface area (Å²) in [6, 6.07) is 0. The van der Waals surface area contributed by atoms with Crippen molar-refractivity contribution in [2.45, 2.75) is 22.3 Å². The molecule has 0 atom stereocenters. The van der Waals surface area contributed by atoms with Gasteiger partial charge in [-0.25, -0.2) is 0 Å². The van der Waals surface area contributed by atoms with Crippen molar-refractivity contribution in [1.82, 2.24) is 9.80 Å². The van der Waals surface area contributed by atoms with Gasteiger partial charge in [0, 0.05) is 6.67 Å². The highest BCUT2D eigenvalue weighted by molar-refractivity contribution is 4.35. The van der Waals surface area contributed by atoms with Crippen molar-refractivity contribution in [2.24, 2.45) is 0 Å². The summed E-state index contributed by atoms with van der Waals surface area (Å²) >= 11 is 0. The zero-order valence-corrected chi connectivity index (χ0v) is 5.60. The van der Waals surface area contributed by atoms with Crippen molar-refractivity contribution < 1.29 is 0 Å². The molecule has 0 fully saturated rings. The van der Waals surface area contributed by atoms with Gasteiger partial charge >= 0.3 is 0 Å². The van der Waals surface area contributed by atoms with Gasteiger partial charge in [0.1, 0.15) is 0 Å². The van der Waals surface area contributed by atoms with E-state index in [1.165, 1.54) is 0 Å². The van der Waals surface area contributed by atoms with E-state index >= 15 is 0 Å². The Kier molecular flexibility index (Phi) is 26.3. The predicted octanol–water partition coefficient (Wildman–Crippen LogP) is 1.98. The molecular formula is C8H26N2. The standard InChI is InChI=1S/C5H14N2.3CH4/c1-6(2)5-7(3)4;;;/h5H2,1-4H3;3*1H4. The van der Waals surface area contributed by atoms with E-state index in [1.807, 2.05) is 0 Å². The Bertz CT molecular complexity index is 36.5. The van der Waals surface area contributed by atoms with E-state index in [0.717, 1.165) is 6.67 Å². The van der Waals surface area contributed by atoms with Crippen LogP contribution in [0.2, 0.25) is 0 Å². The van der Waals surface area contributed by atoms with Gasteiger partial charge in [-0.2, -0.15) is 0 Å². The number of hydrogen-bond acceptors (Lipinski definition) is 2. The zero-order chi connectivity index (χ0) is 5.86. The Hall–Kier alpha value is -0.0800. The van der Waals surface area contributed by atoms with E-state index in [0.29, 0.717) is 0 Å². The minimum absolute atomic E-state index is 0. The zero-order valence-electron chi connectivity index (χ0n) is 5.60. The molecule has 68 valence electrons. The maximum absolute atomic E-state index is 2.12. The van der Waals surface area contributed by atoms with E-state index in [4.69, 9.17) is 0 Å². The van der Waals surface area contributed by atoms with Crippen LogP contribution in [0.25, 0.3) is 0 Å². The Balaban J connectivity index is -0.0000000600. The van der Waals surface area contributed by atoms with Crippen molar-refractivity contribution in [3.8, 4) is 0 Å². The van der Waals surface area contributed by atoms with Gasteiger partial charge in [0.2, 0.25) is 0 Å². The summed E-state index contributed by atoms with van der Waals surface area (Å²) < 4.78 is 0. The van der Waals surface area contributed by atoms with Crippen LogP contribution in [0.3, 0.4) is 0 Å². The SMILES string of the molecule is C.C.C.CN(C)CN(C)C. The Morgan fingerprint density at radius 1 is 0.700 bits per heavy atom. The summed E-state index contributed by atoms with van der Waals surface area (Å²) in [5, 5.41) is 0. The van der Waals surface area contributed by atoms with Gasteiger partial charge in [-0.1, -0.05) is 22.3 Å². The van der Waals surface area contributed by atoms with Gasteiger partial charge in [0.25, 0.3) is 0 Å². The quantitative estimate of drug-likeness (QED) is 0.555.